The van der Waals surface area contributed by atoms with Gasteiger partial charge in [-0.05, 0) is 48.8 Å². The monoisotopic (exact) mass is 276 g/mol. The highest BCUT2D eigenvalue weighted by atomic mass is 16.3. The van der Waals surface area contributed by atoms with E-state index in [2.05, 4.69) is 31.7 Å². The Bertz CT molecular complexity index is 441. The highest BCUT2D eigenvalue weighted by Crippen LogP contribution is 2.38. The first-order valence-electron chi connectivity index (χ1n) is 8.02. The number of hydrogen-bond donors (Lipinski definition) is 1. The van der Waals surface area contributed by atoms with Gasteiger partial charge in [0.05, 0.1) is 6.61 Å². The maximum Gasteiger partial charge on any atom is 0.129 e. The van der Waals surface area contributed by atoms with E-state index in [0.29, 0.717) is 5.41 Å². The van der Waals surface area contributed by atoms with E-state index in [1.807, 2.05) is 6.07 Å². The second kappa shape index (κ2) is 6.57. The van der Waals surface area contributed by atoms with Crippen LogP contribution in [0.15, 0.2) is 12.1 Å². The van der Waals surface area contributed by atoms with Crippen molar-refractivity contribution < 1.29 is 5.11 Å². The Morgan fingerprint density at radius 3 is 2.55 bits per heavy atom. The maximum absolute atomic E-state index is 9.45. The number of pyridine rings is 1. The maximum atomic E-state index is 9.45. The molecule has 1 fully saturated rings. The van der Waals surface area contributed by atoms with Gasteiger partial charge < -0.3 is 10.0 Å². The Morgan fingerprint density at radius 2 is 2.00 bits per heavy atom. The zero-order chi connectivity index (χ0) is 14.6. The number of aliphatic hydroxyl groups excluding tert-OH is 1. The van der Waals surface area contributed by atoms with Crippen molar-refractivity contribution >= 4 is 5.82 Å². The molecule has 20 heavy (non-hydrogen) atoms. The standard InChI is InChI=1S/C17H28N2O/c1-4-7-15-10-14(12-20)11-16(18-15)19-9-8-17(5-2,6-3)13-19/h10-11,20H,4-9,12-13H2,1-3H3. The van der Waals surface area contributed by atoms with Crippen molar-refractivity contribution in [3.63, 3.8) is 0 Å². The summed E-state index contributed by atoms with van der Waals surface area (Å²) in [5, 5.41) is 9.45. The zero-order valence-corrected chi connectivity index (χ0v) is 13.2. The van der Waals surface area contributed by atoms with Crippen molar-refractivity contribution in [2.45, 2.75) is 59.5 Å². The van der Waals surface area contributed by atoms with Crippen molar-refractivity contribution in [1.29, 1.82) is 0 Å². The van der Waals surface area contributed by atoms with Gasteiger partial charge in [-0.15, -0.1) is 0 Å². The van der Waals surface area contributed by atoms with Crippen LogP contribution in [0.25, 0.3) is 0 Å². The van der Waals surface area contributed by atoms with Crippen molar-refractivity contribution in [1.82, 2.24) is 4.98 Å². The molecule has 3 heteroatoms. The number of hydrogen-bond acceptors (Lipinski definition) is 3. The summed E-state index contributed by atoms with van der Waals surface area (Å²) in [5.74, 6) is 1.06. The van der Waals surface area contributed by atoms with Crippen molar-refractivity contribution in [2.24, 2.45) is 5.41 Å². The fourth-order valence-corrected chi connectivity index (χ4v) is 3.23. The Labute approximate surface area is 123 Å². The largest absolute Gasteiger partial charge is 0.392 e. The second-order valence-electron chi connectivity index (χ2n) is 6.11. The summed E-state index contributed by atoms with van der Waals surface area (Å²) in [5.41, 5.74) is 2.56. The van der Waals surface area contributed by atoms with E-state index < -0.39 is 0 Å². The van der Waals surface area contributed by atoms with E-state index in [0.717, 1.165) is 43.0 Å². The Kier molecular flexibility index (Phi) is 5.03. The molecule has 1 saturated heterocycles. The van der Waals surface area contributed by atoms with Gasteiger partial charge in [-0.3, -0.25) is 0 Å². The van der Waals surface area contributed by atoms with Gasteiger partial charge in [-0.25, -0.2) is 4.98 Å². The fourth-order valence-electron chi connectivity index (χ4n) is 3.23. The lowest BCUT2D eigenvalue weighted by atomic mass is 9.82. The van der Waals surface area contributed by atoms with Crippen LogP contribution in [0.1, 0.15) is 57.7 Å². The molecule has 0 bridgehead atoms. The van der Waals surface area contributed by atoms with Gasteiger partial charge in [0.1, 0.15) is 5.82 Å². The van der Waals surface area contributed by atoms with E-state index in [9.17, 15) is 5.11 Å². The second-order valence-corrected chi connectivity index (χ2v) is 6.11. The number of rotatable bonds is 6. The van der Waals surface area contributed by atoms with Crippen LogP contribution in [-0.2, 0) is 13.0 Å². The summed E-state index contributed by atoms with van der Waals surface area (Å²) in [4.78, 5) is 7.21. The zero-order valence-electron chi connectivity index (χ0n) is 13.2. The molecule has 1 N–H and O–H groups in total. The number of aromatic nitrogens is 1. The fraction of sp³-hybridized carbons (Fsp3) is 0.706. The highest BCUT2D eigenvalue weighted by molar-refractivity contribution is 5.44. The summed E-state index contributed by atoms with van der Waals surface area (Å²) >= 11 is 0. The van der Waals surface area contributed by atoms with Gasteiger partial charge in [0.2, 0.25) is 0 Å². The van der Waals surface area contributed by atoms with E-state index in [1.54, 1.807) is 0 Å². The van der Waals surface area contributed by atoms with Crippen LogP contribution in [-0.4, -0.2) is 23.2 Å². The quantitative estimate of drug-likeness (QED) is 0.863. The molecule has 1 aliphatic heterocycles. The van der Waals surface area contributed by atoms with Crippen molar-refractivity contribution in [2.75, 3.05) is 18.0 Å². The third-order valence-corrected chi connectivity index (χ3v) is 4.88. The van der Waals surface area contributed by atoms with Gasteiger partial charge in [-0.2, -0.15) is 0 Å². The minimum Gasteiger partial charge on any atom is -0.392 e. The summed E-state index contributed by atoms with van der Waals surface area (Å²) in [7, 11) is 0. The first-order chi connectivity index (χ1) is 9.66. The molecular formula is C17H28N2O. The van der Waals surface area contributed by atoms with E-state index in [1.165, 1.54) is 19.3 Å². The minimum absolute atomic E-state index is 0.104. The van der Waals surface area contributed by atoms with Crippen molar-refractivity contribution in [3.8, 4) is 0 Å². The molecule has 2 rings (SSSR count). The molecule has 1 aromatic rings. The molecule has 3 nitrogen and oxygen atoms in total. The van der Waals surface area contributed by atoms with Crippen LogP contribution >= 0.6 is 0 Å². The molecule has 2 heterocycles. The van der Waals surface area contributed by atoms with Gasteiger partial charge in [-0.1, -0.05) is 27.2 Å². The number of anilines is 1. The molecule has 1 aromatic heterocycles. The van der Waals surface area contributed by atoms with Gasteiger partial charge in [0.15, 0.2) is 0 Å². The molecule has 0 unspecified atom stereocenters. The molecule has 0 radical (unpaired) electrons. The average molecular weight is 276 g/mol. The number of nitrogens with zero attached hydrogens (tertiary/aromatic N) is 2. The van der Waals surface area contributed by atoms with Gasteiger partial charge >= 0.3 is 0 Å². The topological polar surface area (TPSA) is 36.4 Å². The average Bonchev–Trinajstić information content (AvgIpc) is 2.92. The normalized spacial score (nSPS) is 17.7. The van der Waals surface area contributed by atoms with Crippen LogP contribution in [0.4, 0.5) is 5.82 Å². The summed E-state index contributed by atoms with van der Waals surface area (Å²) in [6.45, 7) is 9.07. The summed E-state index contributed by atoms with van der Waals surface area (Å²) in [6.07, 6.45) is 5.81. The van der Waals surface area contributed by atoms with Gasteiger partial charge in [0.25, 0.3) is 0 Å². The Morgan fingerprint density at radius 1 is 1.25 bits per heavy atom. The third kappa shape index (κ3) is 3.14. The molecule has 1 aliphatic rings. The number of aryl methyl sites for hydroxylation is 1. The summed E-state index contributed by atoms with van der Waals surface area (Å²) < 4.78 is 0. The lowest BCUT2D eigenvalue weighted by Gasteiger charge is -2.27. The predicted molar refractivity (Wildman–Crippen MR) is 84.0 cm³/mol. The van der Waals surface area contributed by atoms with Crippen LogP contribution in [0.5, 0.6) is 0 Å². The first-order valence-corrected chi connectivity index (χ1v) is 8.02. The third-order valence-electron chi connectivity index (χ3n) is 4.88. The van der Waals surface area contributed by atoms with Crippen LogP contribution in [0, 0.1) is 5.41 Å². The molecule has 0 aromatic carbocycles. The Hall–Kier alpha value is -1.09. The molecule has 0 spiro atoms. The minimum atomic E-state index is 0.104. The summed E-state index contributed by atoms with van der Waals surface area (Å²) in [6, 6.07) is 4.09. The van der Waals surface area contributed by atoms with Crippen LogP contribution in [0.3, 0.4) is 0 Å². The number of aliphatic hydroxyl groups is 1. The lowest BCUT2D eigenvalue weighted by Crippen LogP contribution is -2.27. The van der Waals surface area contributed by atoms with E-state index in [4.69, 9.17) is 4.98 Å². The molecular weight excluding hydrogens is 248 g/mol. The van der Waals surface area contributed by atoms with Crippen LogP contribution < -0.4 is 4.90 Å². The molecule has 0 aliphatic carbocycles. The predicted octanol–water partition coefficient (Wildman–Crippen LogP) is 3.54. The SMILES string of the molecule is CCCc1cc(CO)cc(N2CCC(CC)(CC)C2)n1. The van der Waals surface area contributed by atoms with Gasteiger partial charge in [0, 0.05) is 18.8 Å². The highest BCUT2D eigenvalue weighted by Gasteiger charge is 2.35. The molecule has 0 atom stereocenters. The van der Waals surface area contributed by atoms with Crippen LogP contribution in [0.2, 0.25) is 0 Å². The lowest BCUT2D eigenvalue weighted by molar-refractivity contribution is 0.281. The smallest absolute Gasteiger partial charge is 0.129 e. The molecule has 112 valence electrons. The molecule has 0 amide bonds. The van der Waals surface area contributed by atoms with E-state index in [-0.39, 0.29) is 6.61 Å². The first kappa shape index (κ1) is 15.3. The van der Waals surface area contributed by atoms with E-state index >= 15 is 0 Å². The van der Waals surface area contributed by atoms with Crippen molar-refractivity contribution in [3.05, 3.63) is 23.4 Å². The molecule has 0 saturated carbocycles. The Balaban J connectivity index is 2.22.